The number of rotatable bonds is 4. The molecule has 15 heteroatoms. The molecule has 0 saturated carbocycles. The SMILES string of the molecule is CCOc1c(F)c(-n2ncc(NC(=O)OC(C)(C)C)c2C(F)(F)F)c(F)c(F)c1C(F)(F)F. The largest absolute Gasteiger partial charge is 0.490 e. The minimum absolute atomic E-state index is 0.307. The van der Waals surface area contributed by atoms with Crippen molar-refractivity contribution in [3.8, 4) is 11.4 Å². The van der Waals surface area contributed by atoms with Gasteiger partial charge in [0, 0.05) is 0 Å². The van der Waals surface area contributed by atoms with Gasteiger partial charge < -0.3 is 9.47 Å². The molecular weight excluding hydrogens is 477 g/mol. The number of nitrogens with one attached hydrogen (secondary N) is 1. The minimum Gasteiger partial charge on any atom is -0.490 e. The van der Waals surface area contributed by atoms with E-state index in [0.29, 0.717) is 6.20 Å². The van der Waals surface area contributed by atoms with Gasteiger partial charge in [-0.05, 0) is 27.7 Å². The maximum absolute atomic E-state index is 14.9. The van der Waals surface area contributed by atoms with Crippen LogP contribution >= 0.6 is 0 Å². The Morgan fingerprint density at radius 3 is 2.03 bits per heavy atom. The van der Waals surface area contributed by atoms with Crippen LogP contribution in [0.1, 0.15) is 39.0 Å². The third kappa shape index (κ3) is 5.45. The summed E-state index contributed by atoms with van der Waals surface area (Å²) in [5.41, 5.74) is -8.73. The number of ether oxygens (including phenoxy) is 2. The first-order valence-electron chi connectivity index (χ1n) is 8.96. The third-order valence-corrected chi connectivity index (χ3v) is 3.71. The molecule has 184 valence electrons. The molecule has 1 aromatic carbocycles. The Hall–Kier alpha value is -3.13. The summed E-state index contributed by atoms with van der Waals surface area (Å²) in [7, 11) is 0. The van der Waals surface area contributed by atoms with Crippen molar-refractivity contribution in [2.45, 2.75) is 45.6 Å². The molecule has 2 rings (SSSR count). The first-order valence-corrected chi connectivity index (χ1v) is 8.96. The lowest BCUT2D eigenvalue weighted by atomic mass is 10.1. The van der Waals surface area contributed by atoms with Crippen molar-refractivity contribution in [2.24, 2.45) is 0 Å². The van der Waals surface area contributed by atoms with Gasteiger partial charge in [0.05, 0.1) is 18.5 Å². The van der Waals surface area contributed by atoms with Crippen LogP contribution in [-0.4, -0.2) is 28.1 Å². The normalized spacial score (nSPS) is 12.6. The zero-order valence-corrected chi connectivity index (χ0v) is 17.3. The second-order valence-electron chi connectivity index (χ2n) is 7.37. The molecule has 0 aliphatic heterocycles. The summed E-state index contributed by atoms with van der Waals surface area (Å²) in [6.45, 7) is 4.60. The summed E-state index contributed by atoms with van der Waals surface area (Å²) in [5.74, 6) is -9.46. The van der Waals surface area contributed by atoms with Crippen LogP contribution in [0.25, 0.3) is 5.69 Å². The van der Waals surface area contributed by atoms with Crippen molar-refractivity contribution in [2.75, 3.05) is 11.9 Å². The quantitative estimate of drug-likeness (QED) is 0.415. The van der Waals surface area contributed by atoms with E-state index >= 15 is 0 Å². The van der Waals surface area contributed by atoms with E-state index in [9.17, 15) is 44.3 Å². The number of carbonyl (C=O) groups excluding carboxylic acids is 1. The lowest BCUT2D eigenvalue weighted by Gasteiger charge is -2.21. The number of benzene rings is 1. The van der Waals surface area contributed by atoms with Gasteiger partial charge in [-0.3, -0.25) is 5.32 Å². The first kappa shape index (κ1) is 26.1. The number of anilines is 1. The highest BCUT2D eigenvalue weighted by Gasteiger charge is 2.46. The summed E-state index contributed by atoms with van der Waals surface area (Å²) >= 11 is 0. The summed E-state index contributed by atoms with van der Waals surface area (Å²) in [6.07, 6.45) is -12.2. The number of alkyl halides is 6. The van der Waals surface area contributed by atoms with Gasteiger partial charge in [-0.1, -0.05) is 0 Å². The van der Waals surface area contributed by atoms with Crippen LogP contribution < -0.4 is 10.1 Å². The fraction of sp³-hybridized carbons (Fsp3) is 0.444. The highest BCUT2D eigenvalue weighted by Crippen LogP contribution is 2.45. The number of hydrogen-bond acceptors (Lipinski definition) is 4. The zero-order chi connectivity index (χ0) is 25.5. The number of hydrogen-bond donors (Lipinski definition) is 1. The Kier molecular flexibility index (Phi) is 6.86. The van der Waals surface area contributed by atoms with E-state index in [2.05, 4.69) is 9.84 Å². The Balaban J connectivity index is 2.80. The number of halogens is 9. The van der Waals surface area contributed by atoms with Crippen LogP contribution in [0.2, 0.25) is 0 Å². The third-order valence-electron chi connectivity index (χ3n) is 3.71. The van der Waals surface area contributed by atoms with Gasteiger partial charge in [-0.15, -0.1) is 0 Å². The Bertz CT molecular complexity index is 1050. The number of carbonyl (C=O) groups is 1. The Morgan fingerprint density at radius 2 is 1.58 bits per heavy atom. The predicted molar refractivity (Wildman–Crippen MR) is 94.5 cm³/mol. The second-order valence-corrected chi connectivity index (χ2v) is 7.37. The molecule has 0 spiro atoms. The lowest BCUT2D eigenvalue weighted by Crippen LogP contribution is -2.28. The lowest BCUT2D eigenvalue weighted by molar-refractivity contribution is -0.143. The average Bonchev–Trinajstić information content (AvgIpc) is 3.00. The smallest absolute Gasteiger partial charge is 0.435 e. The van der Waals surface area contributed by atoms with Crippen LogP contribution in [0.15, 0.2) is 6.20 Å². The van der Waals surface area contributed by atoms with Gasteiger partial charge in [0.15, 0.2) is 28.9 Å². The van der Waals surface area contributed by atoms with Crippen molar-refractivity contribution in [1.29, 1.82) is 0 Å². The summed E-state index contributed by atoms with van der Waals surface area (Å²) in [4.78, 5) is 11.8. The van der Waals surface area contributed by atoms with E-state index in [-0.39, 0.29) is 0 Å². The monoisotopic (exact) mass is 493 g/mol. The molecule has 0 radical (unpaired) electrons. The summed E-state index contributed by atoms with van der Waals surface area (Å²) in [6, 6.07) is 0. The molecule has 0 bridgehead atoms. The zero-order valence-electron chi connectivity index (χ0n) is 17.3. The van der Waals surface area contributed by atoms with Crippen LogP contribution in [0, 0.1) is 17.5 Å². The van der Waals surface area contributed by atoms with Gasteiger partial charge in [-0.2, -0.15) is 31.4 Å². The van der Waals surface area contributed by atoms with E-state index in [4.69, 9.17) is 4.74 Å². The molecule has 1 aromatic heterocycles. The van der Waals surface area contributed by atoms with Crippen molar-refractivity contribution >= 4 is 11.8 Å². The molecule has 6 nitrogen and oxygen atoms in total. The number of aromatic nitrogens is 2. The maximum Gasteiger partial charge on any atom is 0.435 e. The average molecular weight is 493 g/mol. The van der Waals surface area contributed by atoms with E-state index in [0.717, 1.165) is 6.92 Å². The summed E-state index contributed by atoms with van der Waals surface area (Å²) in [5, 5.41) is 4.78. The molecule has 0 aliphatic rings. The summed E-state index contributed by atoms with van der Waals surface area (Å²) < 4.78 is 133. The van der Waals surface area contributed by atoms with Gasteiger partial charge >= 0.3 is 18.4 Å². The van der Waals surface area contributed by atoms with Gasteiger partial charge in [0.2, 0.25) is 0 Å². The van der Waals surface area contributed by atoms with E-state index < -0.39 is 81.2 Å². The molecular formula is C18H16F9N3O3. The fourth-order valence-corrected chi connectivity index (χ4v) is 2.64. The van der Waals surface area contributed by atoms with Crippen LogP contribution in [0.3, 0.4) is 0 Å². The van der Waals surface area contributed by atoms with Crippen molar-refractivity contribution in [3.63, 3.8) is 0 Å². The van der Waals surface area contributed by atoms with Crippen molar-refractivity contribution in [1.82, 2.24) is 9.78 Å². The van der Waals surface area contributed by atoms with Gasteiger partial charge in [0.25, 0.3) is 0 Å². The van der Waals surface area contributed by atoms with E-state index in [1.807, 2.05) is 0 Å². The van der Waals surface area contributed by atoms with Crippen LogP contribution in [-0.2, 0) is 17.1 Å². The van der Waals surface area contributed by atoms with Gasteiger partial charge in [-0.25, -0.2) is 22.6 Å². The molecule has 33 heavy (non-hydrogen) atoms. The molecule has 0 unspecified atom stereocenters. The Morgan fingerprint density at radius 1 is 1.00 bits per heavy atom. The first-order chi connectivity index (χ1) is 14.9. The molecule has 1 N–H and O–H groups in total. The highest BCUT2D eigenvalue weighted by atomic mass is 19.4. The van der Waals surface area contributed by atoms with Crippen molar-refractivity contribution < 1.29 is 53.8 Å². The fourth-order valence-electron chi connectivity index (χ4n) is 2.64. The molecule has 0 atom stereocenters. The van der Waals surface area contributed by atoms with Crippen LogP contribution in [0.4, 0.5) is 50.0 Å². The Labute approximate surface area is 180 Å². The maximum atomic E-state index is 14.9. The standard InChI is InChI=1S/C18H16F9N3O3/c1-5-32-13-8(17(22,23)24)9(19)10(20)12(11(13)21)30-14(18(25,26)27)7(6-28-30)29-15(31)33-16(2,3)4/h6H,5H2,1-4H3,(H,29,31). The van der Waals surface area contributed by atoms with E-state index in [1.165, 1.54) is 20.8 Å². The molecule has 0 fully saturated rings. The van der Waals surface area contributed by atoms with Gasteiger partial charge in [0.1, 0.15) is 16.9 Å². The minimum atomic E-state index is -5.64. The topological polar surface area (TPSA) is 65.4 Å². The molecule has 1 heterocycles. The number of nitrogens with zero attached hydrogens (tertiary/aromatic N) is 2. The number of amides is 1. The highest BCUT2D eigenvalue weighted by molar-refractivity contribution is 5.85. The van der Waals surface area contributed by atoms with Crippen LogP contribution in [0.5, 0.6) is 5.75 Å². The molecule has 1 amide bonds. The molecule has 0 saturated heterocycles. The van der Waals surface area contributed by atoms with E-state index in [1.54, 1.807) is 5.32 Å². The van der Waals surface area contributed by atoms with Crippen molar-refractivity contribution in [3.05, 3.63) is 34.9 Å². The second kappa shape index (κ2) is 8.67. The molecule has 2 aromatic rings. The predicted octanol–water partition coefficient (Wildman–Crippen LogP) is 6.07. The molecule has 0 aliphatic carbocycles.